The zero-order chi connectivity index (χ0) is 23.2. The van der Waals surface area contributed by atoms with Crippen molar-refractivity contribution >= 4 is 22.8 Å². The molecule has 0 bridgehead atoms. The maximum atomic E-state index is 10.3. The summed E-state index contributed by atoms with van der Waals surface area (Å²) in [6.07, 6.45) is 10.6. The molecule has 0 amide bonds. The number of imidazole rings is 1. The van der Waals surface area contributed by atoms with Gasteiger partial charge >= 0.3 is 0 Å². The van der Waals surface area contributed by atoms with E-state index in [-0.39, 0.29) is 0 Å². The van der Waals surface area contributed by atoms with Gasteiger partial charge in [0.15, 0.2) is 0 Å². The van der Waals surface area contributed by atoms with E-state index >= 15 is 0 Å². The Labute approximate surface area is 206 Å². The van der Waals surface area contributed by atoms with E-state index in [1.807, 2.05) is 6.07 Å². The van der Waals surface area contributed by atoms with Crippen LogP contribution in [0, 0.1) is 23.2 Å². The van der Waals surface area contributed by atoms with E-state index in [0.29, 0.717) is 5.92 Å². The minimum Gasteiger partial charge on any atom is -0.367 e. The molecule has 0 unspecified atom stereocenters. The summed E-state index contributed by atoms with van der Waals surface area (Å²) in [5.74, 6) is 2.55. The number of benzene rings is 2. The van der Waals surface area contributed by atoms with Gasteiger partial charge in [-0.25, -0.2) is 4.98 Å². The topological polar surface area (TPSA) is 50.8 Å². The summed E-state index contributed by atoms with van der Waals surface area (Å²) in [6.45, 7) is 1.84. The van der Waals surface area contributed by atoms with Crippen LogP contribution in [-0.4, -0.2) is 22.4 Å². The zero-order valence-electron chi connectivity index (χ0n) is 20.0. The van der Waals surface area contributed by atoms with Crippen LogP contribution in [-0.2, 0) is 22.3 Å². The molecule has 3 aliphatic rings. The van der Waals surface area contributed by atoms with E-state index < -0.39 is 11.0 Å². The molecule has 34 heavy (non-hydrogen) atoms. The Bertz CT molecular complexity index is 1210. The van der Waals surface area contributed by atoms with Crippen molar-refractivity contribution in [1.82, 2.24) is 9.55 Å². The standard InChI is InChI=1S/C29H33N3OS/c1-34-25-9-5-8-24-26(25)31-27(32(24)18-21-10-11-21)29(33-19-22-12-13-22)16-14-28(20-30,15-17-29)23-6-3-2-4-7-23/h2-9,21-22H,10-19H2,1H3/t28-,29+. The first-order valence-corrected chi connectivity index (χ1v) is 14.0. The number of nitriles is 1. The van der Waals surface area contributed by atoms with Crippen molar-refractivity contribution in [2.45, 2.75) is 73.8 Å². The van der Waals surface area contributed by atoms with Gasteiger partial charge in [0.2, 0.25) is 0 Å². The average molecular weight is 472 g/mol. The molecular formula is C29H33N3OS. The van der Waals surface area contributed by atoms with Crippen LogP contribution in [0.25, 0.3) is 11.0 Å². The minimum atomic E-state index is -0.439. The summed E-state index contributed by atoms with van der Waals surface area (Å²) in [5.41, 5.74) is 2.64. The third kappa shape index (κ3) is 3.95. The summed E-state index contributed by atoms with van der Waals surface area (Å²) >= 11 is 1.77. The van der Waals surface area contributed by atoms with Crippen molar-refractivity contribution in [3.63, 3.8) is 0 Å². The van der Waals surface area contributed by atoms with Crippen molar-refractivity contribution in [1.29, 1.82) is 5.26 Å². The molecule has 3 fully saturated rings. The van der Waals surface area contributed by atoms with Gasteiger partial charge in [0, 0.05) is 11.4 Å². The normalized spacial score (nSPS) is 27.1. The van der Waals surface area contributed by atoms with Gasteiger partial charge in [-0.3, -0.25) is 0 Å². The van der Waals surface area contributed by atoms with Crippen molar-refractivity contribution in [2.75, 3.05) is 12.9 Å². The molecule has 1 heterocycles. The van der Waals surface area contributed by atoms with Gasteiger partial charge in [0.05, 0.1) is 23.6 Å². The van der Waals surface area contributed by atoms with Gasteiger partial charge in [-0.1, -0.05) is 36.4 Å². The smallest absolute Gasteiger partial charge is 0.142 e. The van der Waals surface area contributed by atoms with Crippen LogP contribution in [0.3, 0.4) is 0 Å². The lowest BCUT2D eigenvalue weighted by molar-refractivity contribution is -0.0957. The maximum absolute atomic E-state index is 10.3. The lowest BCUT2D eigenvalue weighted by atomic mass is 9.65. The maximum Gasteiger partial charge on any atom is 0.142 e. The fourth-order valence-corrected chi connectivity index (χ4v) is 6.23. The van der Waals surface area contributed by atoms with Crippen LogP contribution >= 0.6 is 11.8 Å². The first-order chi connectivity index (χ1) is 16.7. The lowest BCUT2D eigenvalue weighted by Crippen LogP contribution is -2.43. The average Bonchev–Trinajstić information content (AvgIpc) is 3.82. The van der Waals surface area contributed by atoms with E-state index in [1.165, 1.54) is 36.1 Å². The number of fused-ring (bicyclic) bond motifs is 1. The summed E-state index contributed by atoms with van der Waals surface area (Å²) in [4.78, 5) is 6.57. The van der Waals surface area contributed by atoms with Gasteiger partial charge in [0.25, 0.3) is 0 Å². The number of rotatable bonds is 8. The number of ether oxygens (including phenoxy) is 1. The van der Waals surface area contributed by atoms with Crippen molar-refractivity contribution < 1.29 is 4.74 Å². The third-order valence-corrected chi connectivity index (χ3v) is 9.02. The molecule has 0 spiro atoms. The van der Waals surface area contributed by atoms with E-state index in [4.69, 9.17) is 9.72 Å². The highest BCUT2D eigenvalue weighted by Gasteiger charge is 2.49. The van der Waals surface area contributed by atoms with Gasteiger partial charge in [-0.05, 0) is 87.2 Å². The predicted octanol–water partition coefficient (Wildman–Crippen LogP) is 6.83. The molecule has 0 radical (unpaired) electrons. The van der Waals surface area contributed by atoms with E-state index in [2.05, 4.69) is 59.4 Å². The lowest BCUT2D eigenvalue weighted by Gasteiger charge is -2.43. The summed E-state index contributed by atoms with van der Waals surface area (Å²) in [7, 11) is 0. The van der Waals surface area contributed by atoms with E-state index in [1.54, 1.807) is 11.8 Å². The molecule has 0 saturated heterocycles. The fraction of sp³-hybridized carbons (Fsp3) is 0.517. The second-order valence-electron chi connectivity index (χ2n) is 10.6. The molecule has 3 aromatic rings. The molecule has 176 valence electrons. The second-order valence-corrected chi connectivity index (χ2v) is 11.5. The molecule has 6 rings (SSSR count). The summed E-state index contributed by atoms with van der Waals surface area (Å²) in [5, 5.41) is 10.3. The van der Waals surface area contributed by atoms with Crippen LogP contribution in [0.2, 0.25) is 0 Å². The van der Waals surface area contributed by atoms with Crippen LogP contribution in [0.5, 0.6) is 0 Å². The molecule has 0 atom stereocenters. The minimum absolute atomic E-state index is 0.415. The Morgan fingerprint density at radius 2 is 1.74 bits per heavy atom. The van der Waals surface area contributed by atoms with Crippen LogP contribution < -0.4 is 0 Å². The van der Waals surface area contributed by atoms with Gasteiger partial charge in [0.1, 0.15) is 16.9 Å². The molecule has 0 aliphatic heterocycles. The molecule has 4 nitrogen and oxygen atoms in total. The van der Waals surface area contributed by atoms with Crippen molar-refractivity contribution in [3.05, 3.63) is 59.9 Å². The number of hydrogen-bond donors (Lipinski definition) is 0. The highest BCUT2D eigenvalue weighted by Crippen LogP contribution is 2.50. The zero-order valence-corrected chi connectivity index (χ0v) is 20.8. The number of hydrogen-bond acceptors (Lipinski definition) is 4. The fourth-order valence-electron chi connectivity index (χ4n) is 5.67. The highest BCUT2D eigenvalue weighted by atomic mass is 32.2. The molecular weight excluding hydrogens is 438 g/mol. The SMILES string of the molecule is CSc1cccc2c1nc([C@]1(OCC3CC3)CC[C@@](C#N)(c3ccccc3)CC1)n2CC1CC1. The number of aromatic nitrogens is 2. The van der Waals surface area contributed by atoms with Crippen molar-refractivity contribution in [2.24, 2.45) is 11.8 Å². The molecule has 3 aliphatic carbocycles. The summed E-state index contributed by atoms with van der Waals surface area (Å²) < 4.78 is 9.39. The molecule has 5 heteroatoms. The van der Waals surface area contributed by atoms with E-state index in [9.17, 15) is 5.26 Å². The Balaban J connectivity index is 1.42. The largest absolute Gasteiger partial charge is 0.367 e. The Hall–Kier alpha value is -2.29. The van der Waals surface area contributed by atoms with Crippen LogP contribution in [0.1, 0.15) is 62.8 Å². The Kier molecular flexibility index (Phi) is 5.70. The monoisotopic (exact) mass is 471 g/mol. The molecule has 1 aromatic heterocycles. The molecule has 3 saturated carbocycles. The van der Waals surface area contributed by atoms with Gasteiger partial charge in [-0.2, -0.15) is 5.26 Å². The first-order valence-electron chi connectivity index (χ1n) is 12.8. The van der Waals surface area contributed by atoms with Gasteiger partial charge < -0.3 is 9.30 Å². The third-order valence-electron chi connectivity index (χ3n) is 8.25. The molecule has 0 N–H and O–H groups in total. The predicted molar refractivity (Wildman–Crippen MR) is 137 cm³/mol. The highest BCUT2D eigenvalue weighted by molar-refractivity contribution is 7.98. The Morgan fingerprint density at radius 1 is 1.00 bits per heavy atom. The van der Waals surface area contributed by atoms with E-state index in [0.717, 1.165) is 61.7 Å². The van der Waals surface area contributed by atoms with Gasteiger partial charge in [-0.15, -0.1) is 11.8 Å². The number of para-hydroxylation sites is 1. The number of thioether (sulfide) groups is 1. The van der Waals surface area contributed by atoms with Crippen molar-refractivity contribution in [3.8, 4) is 6.07 Å². The van der Waals surface area contributed by atoms with Crippen LogP contribution in [0.15, 0.2) is 53.4 Å². The second kappa shape index (κ2) is 8.73. The van der Waals surface area contributed by atoms with Crippen LogP contribution in [0.4, 0.5) is 0 Å². The Morgan fingerprint density at radius 3 is 2.38 bits per heavy atom. The summed E-state index contributed by atoms with van der Waals surface area (Å²) in [6, 6.07) is 19.7. The quantitative estimate of drug-likeness (QED) is 0.338. The molecule has 2 aromatic carbocycles. The first kappa shape index (κ1) is 22.2. The number of nitrogens with zero attached hydrogens (tertiary/aromatic N) is 3.